The average Bonchev–Trinajstić information content (AvgIpc) is 2.15. The Kier molecular flexibility index (Phi) is 5.15. The van der Waals surface area contributed by atoms with Crippen LogP contribution in [0.25, 0.3) is 0 Å². The zero-order valence-corrected chi connectivity index (χ0v) is 11.3. The van der Waals surface area contributed by atoms with Gasteiger partial charge >= 0.3 is 0 Å². The van der Waals surface area contributed by atoms with Crippen molar-refractivity contribution in [1.29, 1.82) is 0 Å². The summed E-state index contributed by atoms with van der Waals surface area (Å²) in [6.07, 6.45) is 11.6. The highest BCUT2D eigenvalue weighted by molar-refractivity contribution is 4.72. The van der Waals surface area contributed by atoms with Gasteiger partial charge in [0.05, 0.1) is 0 Å². The maximum Gasteiger partial charge on any atom is -0.0354 e. The van der Waals surface area contributed by atoms with Crippen LogP contribution >= 0.6 is 0 Å². The minimum atomic E-state index is 0.596. The molecule has 0 heterocycles. The second kappa shape index (κ2) is 5.92. The van der Waals surface area contributed by atoms with Crippen LogP contribution in [-0.2, 0) is 0 Å². The first-order valence-corrected chi connectivity index (χ1v) is 6.99. The molecule has 2 atom stereocenters. The normalized spacial score (nSPS) is 34.4. The smallest absolute Gasteiger partial charge is 0.0354 e. The fourth-order valence-electron chi connectivity index (χ4n) is 2.79. The molecule has 0 saturated heterocycles. The molecule has 0 spiro atoms. The van der Waals surface area contributed by atoms with Gasteiger partial charge in [-0.25, -0.2) is 0 Å². The van der Waals surface area contributed by atoms with Gasteiger partial charge in [0.15, 0.2) is 0 Å². The molecule has 15 heavy (non-hydrogen) atoms. The molecule has 0 aromatic heterocycles. The molecule has 0 bridgehead atoms. The van der Waals surface area contributed by atoms with E-state index in [1.54, 1.807) is 0 Å². The van der Waals surface area contributed by atoms with Crippen molar-refractivity contribution in [1.82, 2.24) is 0 Å². The van der Waals surface area contributed by atoms with E-state index in [-0.39, 0.29) is 0 Å². The third kappa shape index (κ3) is 5.58. The lowest BCUT2D eigenvalue weighted by Crippen LogP contribution is -2.12. The van der Waals surface area contributed by atoms with E-state index in [0.29, 0.717) is 5.41 Å². The average molecular weight is 210 g/mol. The number of hydrogen-bond acceptors (Lipinski definition) is 0. The summed E-state index contributed by atoms with van der Waals surface area (Å²) in [4.78, 5) is 0. The van der Waals surface area contributed by atoms with E-state index in [2.05, 4.69) is 27.7 Å². The molecule has 90 valence electrons. The van der Waals surface area contributed by atoms with Gasteiger partial charge in [-0.1, -0.05) is 66.2 Å². The Morgan fingerprint density at radius 2 is 1.27 bits per heavy atom. The van der Waals surface area contributed by atoms with Crippen LogP contribution < -0.4 is 0 Å². The highest BCUT2D eigenvalue weighted by Crippen LogP contribution is 2.33. The van der Waals surface area contributed by atoms with E-state index in [4.69, 9.17) is 0 Å². The molecule has 0 heteroatoms. The van der Waals surface area contributed by atoms with Crippen molar-refractivity contribution in [2.24, 2.45) is 17.3 Å². The van der Waals surface area contributed by atoms with E-state index in [1.165, 1.54) is 51.4 Å². The van der Waals surface area contributed by atoms with E-state index in [9.17, 15) is 0 Å². The quantitative estimate of drug-likeness (QED) is 0.501. The zero-order chi connectivity index (χ0) is 11.3. The van der Waals surface area contributed by atoms with Crippen molar-refractivity contribution >= 4 is 0 Å². The number of rotatable bonds is 0. The Morgan fingerprint density at radius 3 is 1.93 bits per heavy atom. The van der Waals surface area contributed by atoms with E-state index in [1.807, 2.05) is 0 Å². The van der Waals surface area contributed by atoms with Crippen molar-refractivity contribution in [2.75, 3.05) is 0 Å². The summed E-state index contributed by atoms with van der Waals surface area (Å²) in [6.45, 7) is 9.80. The Balaban J connectivity index is 2.45. The van der Waals surface area contributed by atoms with Crippen molar-refractivity contribution in [3.63, 3.8) is 0 Å². The van der Waals surface area contributed by atoms with Crippen LogP contribution in [0.3, 0.4) is 0 Å². The van der Waals surface area contributed by atoms with Gasteiger partial charge in [0.2, 0.25) is 0 Å². The molecule has 0 nitrogen and oxygen atoms in total. The fraction of sp³-hybridized carbons (Fsp3) is 1.00. The molecule has 1 saturated carbocycles. The van der Waals surface area contributed by atoms with Crippen LogP contribution in [0.2, 0.25) is 0 Å². The van der Waals surface area contributed by atoms with Gasteiger partial charge in [-0.15, -0.1) is 0 Å². The summed E-state index contributed by atoms with van der Waals surface area (Å²) in [6, 6.07) is 0. The fourth-order valence-corrected chi connectivity index (χ4v) is 2.79. The molecule has 0 N–H and O–H groups in total. The first-order chi connectivity index (χ1) is 6.99. The number of hydrogen-bond donors (Lipinski definition) is 0. The van der Waals surface area contributed by atoms with Gasteiger partial charge in [-0.2, -0.15) is 0 Å². The molecule has 0 amide bonds. The highest BCUT2D eigenvalue weighted by Gasteiger charge is 2.20. The standard InChI is InChI=1S/C15H30/c1-13-7-5-8-14(2)10-12-15(3,4)11-6-9-13/h13-14H,5-12H2,1-4H3/t13-,14-/m1/s1. The first kappa shape index (κ1) is 13.1. The molecular weight excluding hydrogens is 180 g/mol. The molecule has 0 unspecified atom stereocenters. The van der Waals surface area contributed by atoms with E-state index < -0.39 is 0 Å². The van der Waals surface area contributed by atoms with Crippen LogP contribution in [0, 0.1) is 17.3 Å². The molecule has 1 rings (SSSR count). The highest BCUT2D eigenvalue weighted by atomic mass is 14.3. The minimum absolute atomic E-state index is 0.596. The van der Waals surface area contributed by atoms with Crippen molar-refractivity contribution < 1.29 is 0 Å². The molecule has 0 aliphatic heterocycles. The lowest BCUT2D eigenvalue weighted by molar-refractivity contribution is 0.265. The summed E-state index contributed by atoms with van der Waals surface area (Å²) in [5.41, 5.74) is 0.596. The lowest BCUT2D eigenvalue weighted by atomic mass is 9.80. The van der Waals surface area contributed by atoms with Crippen LogP contribution in [-0.4, -0.2) is 0 Å². The monoisotopic (exact) mass is 210 g/mol. The van der Waals surface area contributed by atoms with Crippen LogP contribution in [0.15, 0.2) is 0 Å². The third-order valence-corrected chi connectivity index (χ3v) is 4.26. The maximum absolute atomic E-state index is 2.46. The molecule has 0 radical (unpaired) electrons. The lowest BCUT2D eigenvalue weighted by Gasteiger charge is -2.26. The van der Waals surface area contributed by atoms with Gasteiger partial charge in [0.25, 0.3) is 0 Å². The first-order valence-electron chi connectivity index (χ1n) is 6.99. The predicted octanol–water partition coefficient (Wildman–Crippen LogP) is 5.42. The van der Waals surface area contributed by atoms with Gasteiger partial charge in [0.1, 0.15) is 0 Å². The topological polar surface area (TPSA) is 0 Å². The Hall–Kier alpha value is 0. The van der Waals surface area contributed by atoms with E-state index in [0.717, 1.165) is 11.8 Å². The SMILES string of the molecule is C[C@@H]1CCC[C@@H](C)CCC(C)(C)CCC1. The second-order valence-corrected chi connectivity index (χ2v) is 6.74. The molecular formula is C15H30. The zero-order valence-electron chi connectivity index (χ0n) is 11.3. The van der Waals surface area contributed by atoms with Crippen molar-refractivity contribution in [3.8, 4) is 0 Å². The van der Waals surface area contributed by atoms with Crippen LogP contribution in [0.5, 0.6) is 0 Å². The van der Waals surface area contributed by atoms with Gasteiger partial charge in [-0.05, 0) is 30.1 Å². The molecule has 1 aliphatic rings. The molecule has 1 fully saturated rings. The van der Waals surface area contributed by atoms with Crippen molar-refractivity contribution in [2.45, 2.75) is 79.1 Å². The van der Waals surface area contributed by atoms with Gasteiger partial charge in [-0.3, -0.25) is 0 Å². The second-order valence-electron chi connectivity index (χ2n) is 6.74. The van der Waals surface area contributed by atoms with Crippen LogP contribution in [0.4, 0.5) is 0 Å². The largest absolute Gasteiger partial charge is 0.0625 e. The summed E-state index contributed by atoms with van der Waals surface area (Å²) in [5.74, 6) is 1.92. The molecule has 1 aliphatic carbocycles. The Bertz CT molecular complexity index is 169. The maximum atomic E-state index is 2.46. The predicted molar refractivity (Wildman–Crippen MR) is 69.0 cm³/mol. The summed E-state index contributed by atoms with van der Waals surface area (Å²) in [7, 11) is 0. The minimum Gasteiger partial charge on any atom is -0.0625 e. The third-order valence-electron chi connectivity index (χ3n) is 4.26. The van der Waals surface area contributed by atoms with Crippen LogP contribution in [0.1, 0.15) is 79.1 Å². The molecule has 0 aromatic rings. The summed E-state index contributed by atoms with van der Waals surface area (Å²) >= 11 is 0. The van der Waals surface area contributed by atoms with Gasteiger partial charge < -0.3 is 0 Å². The Morgan fingerprint density at radius 1 is 0.733 bits per heavy atom. The molecule has 0 aromatic carbocycles. The van der Waals surface area contributed by atoms with Crippen molar-refractivity contribution in [3.05, 3.63) is 0 Å². The van der Waals surface area contributed by atoms with E-state index >= 15 is 0 Å². The summed E-state index contributed by atoms with van der Waals surface area (Å²) in [5, 5.41) is 0. The van der Waals surface area contributed by atoms with Gasteiger partial charge in [0, 0.05) is 0 Å². The Labute approximate surface area is 96.8 Å². The summed E-state index contributed by atoms with van der Waals surface area (Å²) < 4.78 is 0.